The summed E-state index contributed by atoms with van der Waals surface area (Å²) in [6.07, 6.45) is 5.94. The first-order valence-electron chi connectivity index (χ1n) is 9.44. The predicted molar refractivity (Wildman–Crippen MR) is 119 cm³/mol. The molecular weight excluding hydrogens is 392 g/mol. The van der Waals surface area contributed by atoms with E-state index in [-0.39, 0.29) is 16.9 Å². The fourth-order valence-electron chi connectivity index (χ4n) is 2.73. The second kappa shape index (κ2) is 10.4. The number of carbonyl (C=O) groups excluding carboxylic acids is 3. The maximum atomic E-state index is 12.2. The fourth-order valence-corrected chi connectivity index (χ4v) is 2.73. The smallest absolute Gasteiger partial charge is 0.248 e. The van der Waals surface area contributed by atoms with Gasteiger partial charge in [0.1, 0.15) is 0 Å². The molecule has 6 heteroatoms. The summed E-state index contributed by atoms with van der Waals surface area (Å²) in [6.45, 7) is 0. The zero-order valence-electron chi connectivity index (χ0n) is 16.4. The third-order valence-corrected chi connectivity index (χ3v) is 4.16. The van der Waals surface area contributed by atoms with Crippen molar-refractivity contribution in [3.05, 3.63) is 108 Å². The number of nitrogens with one attached hydrogen (secondary N) is 2. The largest absolute Gasteiger partial charge is 0.545 e. The van der Waals surface area contributed by atoms with Gasteiger partial charge in [-0.1, -0.05) is 60.7 Å². The molecule has 0 aliphatic rings. The van der Waals surface area contributed by atoms with Crippen molar-refractivity contribution in [1.29, 1.82) is 0 Å². The molecule has 0 saturated heterocycles. The lowest BCUT2D eigenvalue weighted by Crippen LogP contribution is -2.23. The quantitative estimate of drug-likeness (QED) is 0.583. The standard InChI is InChI=1S/C25H20N2O4/c28-23(13-11-18-7-3-1-4-8-18)26-21-15-20(25(30)31)16-22(17-21)27-24(29)14-12-19-9-5-2-6-10-19/h1-17H,(H,26,28)(H,27,29)(H,30,31)/p-1. The molecule has 0 radical (unpaired) electrons. The number of carboxylic acids is 1. The molecule has 0 fully saturated rings. The van der Waals surface area contributed by atoms with Crippen LogP contribution in [0.4, 0.5) is 11.4 Å². The molecule has 3 aromatic carbocycles. The summed E-state index contributed by atoms with van der Waals surface area (Å²) in [5.41, 5.74) is 1.95. The van der Waals surface area contributed by atoms with E-state index in [1.807, 2.05) is 60.7 Å². The molecule has 0 heterocycles. The lowest BCUT2D eigenvalue weighted by atomic mass is 10.1. The summed E-state index contributed by atoms with van der Waals surface area (Å²) < 4.78 is 0. The van der Waals surface area contributed by atoms with Gasteiger partial charge in [-0.05, 0) is 41.5 Å². The number of aromatic carboxylic acids is 1. The first-order chi connectivity index (χ1) is 15.0. The highest BCUT2D eigenvalue weighted by molar-refractivity contribution is 6.05. The average Bonchev–Trinajstić information content (AvgIpc) is 2.77. The molecule has 0 aliphatic carbocycles. The van der Waals surface area contributed by atoms with Gasteiger partial charge in [-0.2, -0.15) is 0 Å². The van der Waals surface area contributed by atoms with Crippen molar-refractivity contribution in [2.45, 2.75) is 0 Å². The van der Waals surface area contributed by atoms with Crippen molar-refractivity contribution in [1.82, 2.24) is 0 Å². The number of hydrogen-bond donors (Lipinski definition) is 2. The molecule has 0 aliphatic heterocycles. The van der Waals surface area contributed by atoms with Crippen molar-refractivity contribution >= 4 is 41.3 Å². The van der Waals surface area contributed by atoms with Crippen molar-refractivity contribution in [2.75, 3.05) is 10.6 Å². The van der Waals surface area contributed by atoms with Crippen molar-refractivity contribution in [3.63, 3.8) is 0 Å². The maximum Gasteiger partial charge on any atom is 0.248 e. The van der Waals surface area contributed by atoms with Gasteiger partial charge < -0.3 is 20.5 Å². The highest BCUT2D eigenvalue weighted by atomic mass is 16.4. The molecule has 0 aromatic heterocycles. The van der Waals surface area contributed by atoms with Crippen LogP contribution in [0.2, 0.25) is 0 Å². The highest BCUT2D eigenvalue weighted by Gasteiger charge is 2.06. The van der Waals surface area contributed by atoms with E-state index in [1.54, 1.807) is 12.2 Å². The second-order valence-corrected chi connectivity index (χ2v) is 6.55. The fraction of sp³-hybridized carbons (Fsp3) is 0. The van der Waals surface area contributed by atoms with Gasteiger partial charge in [-0.15, -0.1) is 0 Å². The lowest BCUT2D eigenvalue weighted by Gasteiger charge is -2.11. The van der Waals surface area contributed by atoms with E-state index in [0.717, 1.165) is 11.1 Å². The van der Waals surface area contributed by atoms with Crippen LogP contribution in [0.3, 0.4) is 0 Å². The average molecular weight is 411 g/mol. The third kappa shape index (κ3) is 6.83. The predicted octanol–water partition coefficient (Wildman–Crippen LogP) is 3.35. The van der Waals surface area contributed by atoms with Gasteiger partial charge in [0, 0.05) is 29.1 Å². The summed E-state index contributed by atoms with van der Waals surface area (Å²) in [6, 6.07) is 22.5. The van der Waals surface area contributed by atoms with Crippen LogP contribution in [-0.2, 0) is 9.59 Å². The zero-order valence-corrected chi connectivity index (χ0v) is 16.4. The van der Waals surface area contributed by atoms with Gasteiger partial charge in [0.25, 0.3) is 0 Å². The minimum atomic E-state index is -1.42. The highest BCUT2D eigenvalue weighted by Crippen LogP contribution is 2.19. The van der Waals surface area contributed by atoms with Gasteiger partial charge >= 0.3 is 0 Å². The van der Waals surface area contributed by atoms with E-state index in [1.165, 1.54) is 30.4 Å². The van der Waals surface area contributed by atoms with Crippen LogP contribution in [0.25, 0.3) is 12.2 Å². The normalized spacial score (nSPS) is 10.8. The first-order valence-corrected chi connectivity index (χ1v) is 9.44. The van der Waals surface area contributed by atoms with Crippen LogP contribution >= 0.6 is 0 Å². The molecule has 0 spiro atoms. The molecular formula is C25H19N2O4-. The summed E-state index contributed by atoms with van der Waals surface area (Å²) in [5.74, 6) is -2.31. The first kappa shape index (κ1) is 21.3. The summed E-state index contributed by atoms with van der Waals surface area (Å²) in [4.78, 5) is 35.7. The molecule has 2 amide bonds. The summed E-state index contributed by atoms with van der Waals surface area (Å²) in [5, 5.41) is 16.5. The molecule has 31 heavy (non-hydrogen) atoms. The number of hydrogen-bond acceptors (Lipinski definition) is 4. The third-order valence-electron chi connectivity index (χ3n) is 4.16. The number of benzene rings is 3. The Labute approximate surface area is 179 Å². The Hall–Kier alpha value is -4.45. The van der Waals surface area contributed by atoms with E-state index in [4.69, 9.17) is 0 Å². The van der Waals surface area contributed by atoms with Crippen molar-refractivity contribution in [2.24, 2.45) is 0 Å². The molecule has 2 N–H and O–H groups in total. The maximum absolute atomic E-state index is 12.2. The van der Waals surface area contributed by atoms with Crippen LogP contribution < -0.4 is 15.7 Å². The monoisotopic (exact) mass is 411 g/mol. The molecule has 3 aromatic rings. The molecule has 0 saturated carbocycles. The number of rotatable bonds is 7. The van der Waals surface area contributed by atoms with Gasteiger partial charge in [0.15, 0.2) is 0 Å². The minimum Gasteiger partial charge on any atom is -0.545 e. The Kier molecular flexibility index (Phi) is 7.11. The Bertz CT molecular complexity index is 1050. The Balaban J connectivity index is 1.72. The number of anilines is 2. The Morgan fingerprint density at radius 1 is 0.645 bits per heavy atom. The molecule has 0 atom stereocenters. The molecule has 154 valence electrons. The van der Waals surface area contributed by atoms with E-state index in [0.29, 0.717) is 0 Å². The molecule has 6 nitrogen and oxygen atoms in total. The number of carboxylic acid groups (broad SMARTS) is 1. The van der Waals surface area contributed by atoms with E-state index < -0.39 is 17.8 Å². The summed E-state index contributed by atoms with van der Waals surface area (Å²) >= 11 is 0. The Morgan fingerprint density at radius 2 is 1.06 bits per heavy atom. The van der Waals surface area contributed by atoms with Gasteiger partial charge in [-0.25, -0.2) is 0 Å². The van der Waals surface area contributed by atoms with Crippen LogP contribution in [0, 0.1) is 0 Å². The van der Waals surface area contributed by atoms with E-state index in [2.05, 4.69) is 10.6 Å². The number of amides is 2. The van der Waals surface area contributed by atoms with Crippen LogP contribution in [0.1, 0.15) is 21.5 Å². The topological polar surface area (TPSA) is 98.3 Å². The van der Waals surface area contributed by atoms with Crippen LogP contribution in [0.15, 0.2) is 91.0 Å². The van der Waals surface area contributed by atoms with Crippen LogP contribution in [0.5, 0.6) is 0 Å². The minimum absolute atomic E-state index is 0.174. The van der Waals surface area contributed by atoms with Crippen molar-refractivity contribution in [3.8, 4) is 0 Å². The lowest BCUT2D eigenvalue weighted by molar-refractivity contribution is -0.255. The van der Waals surface area contributed by atoms with Crippen LogP contribution in [-0.4, -0.2) is 17.8 Å². The SMILES string of the molecule is O=C(C=Cc1ccccc1)Nc1cc(NC(=O)C=Cc2ccccc2)cc(C(=O)[O-])c1. The second-order valence-electron chi connectivity index (χ2n) is 6.55. The summed E-state index contributed by atoms with van der Waals surface area (Å²) in [7, 11) is 0. The molecule has 0 bridgehead atoms. The number of carbonyl (C=O) groups is 3. The van der Waals surface area contributed by atoms with E-state index >= 15 is 0 Å². The van der Waals surface area contributed by atoms with Gasteiger partial charge in [0.2, 0.25) is 11.8 Å². The molecule has 0 unspecified atom stereocenters. The zero-order chi connectivity index (χ0) is 22.1. The van der Waals surface area contributed by atoms with E-state index in [9.17, 15) is 19.5 Å². The molecule has 3 rings (SSSR count). The van der Waals surface area contributed by atoms with Gasteiger partial charge in [0.05, 0.1) is 5.97 Å². The van der Waals surface area contributed by atoms with Crippen molar-refractivity contribution < 1.29 is 19.5 Å². The van der Waals surface area contributed by atoms with Gasteiger partial charge in [-0.3, -0.25) is 9.59 Å². The Morgan fingerprint density at radius 3 is 1.45 bits per heavy atom.